The van der Waals surface area contributed by atoms with Crippen molar-refractivity contribution < 1.29 is 18.7 Å². The lowest BCUT2D eigenvalue weighted by Gasteiger charge is -2.08. The van der Waals surface area contributed by atoms with Gasteiger partial charge in [0.05, 0.1) is 25.4 Å². The van der Waals surface area contributed by atoms with E-state index in [-0.39, 0.29) is 18.0 Å². The van der Waals surface area contributed by atoms with Crippen molar-refractivity contribution in [2.45, 2.75) is 6.54 Å². The number of nitrogens with zero attached hydrogens (tertiary/aromatic N) is 1. The average molecular weight is 318 g/mol. The minimum Gasteiger partial charge on any atom is -0.464 e. The molecule has 2 aromatic heterocycles. The highest BCUT2D eigenvalue weighted by Gasteiger charge is 2.20. The van der Waals surface area contributed by atoms with Crippen molar-refractivity contribution in [1.29, 1.82) is 0 Å². The number of carbonyl (C=O) groups excluding carboxylic acids is 2. The van der Waals surface area contributed by atoms with Crippen molar-refractivity contribution >= 4 is 34.5 Å². The van der Waals surface area contributed by atoms with E-state index in [1.165, 1.54) is 13.4 Å². The quantitative estimate of drug-likeness (QED) is 0.545. The lowest BCUT2D eigenvalue weighted by Crippen LogP contribution is -2.16. The Labute approximate surface area is 131 Å². The maximum Gasteiger partial charge on any atom is 0.354 e. The van der Waals surface area contributed by atoms with E-state index in [1.54, 1.807) is 41.0 Å². The van der Waals surface area contributed by atoms with Crippen LogP contribution in [0.5, 0.6) is 0 Å². The smallest absolute Gasteiger partial charge is 0.354 e. The van der Waals surface area contributed by atoms with Gasteiger partial charge in [-0.2, -0.15) is 0 Å². The molecule has 0 N–H and O–H groups in total. The average Bonchev–Trinajstić information content (AvgIpc) is 3.09. The van der Waals surface area contributed by atoms with Crippen LogP contribution in [0.1, 0.15) is 20.8 Å². The Kier molecular flexibility index (Phi) is 3.73. The molecule has 0 bridgehead atoms. The molecule has 0 fully saturated rings. The second-order valence-corrected chi connectivity index (χ2v) is 5.15. The summed E-state index contributed by atoms with van der Waals surface area (Å²) in [7, 11) is 1.29. The monoisotopic (exact) mass is 317 g/mol. The molecular formula is C16H12ClNO4. The number of aromatic nitrogens is 1. The minimum atomic E-state index is -0.523. The van der Waals surface area contributed by atoms with Crippen LogP contribution < -0.4 is 0 Å². The van der Waals surface area contributed by atoms with Gasteiger partial charge in [0.25, 0.3) is 0 Å². The molecule has 0 saturated heterocycles. The fourth-order valence-electron chi connectivity index (χ4n) is 2.32. The highest BCUT2D eigenvalue weighted by Crippen LogP contribution is 2.22. The molecule has 0 saturated carbocycles. The summed E-state index contributed by atoms with van der Waals surface area (Å²) in [6.45, 7) is -0.00614. The van der Waals surface area contributed by atoms with Gasteiger partial charge >= 0.3 is 5.97 Å². The van der Waals surface area contributed by atoms with E-state index in [0.29, 0.717) is 21.7 Å². The first-order chi connectivity index (χ1) is 10.6. The zero-order chi connectivity index (χ0) is 15.7. The lowest BCUT2D eigenvalue weighted by molar-refractivity contribution is 0.0589. The number of carbonyl (C=O) groups is 2. The summed E-state index contributed by atoms with van der Waals surface area (Å²) in [5.74, 6) is -0.684. The molecule has 0 aliphatic heterocycles. The van der Waals surface area contributed by atoms with E-state index >= 15 is 0 Å². The molecule has 0 atom stereocenters. The molecule has 6 heteroatoms. The predicted octanol–water partition coefficient (Wildman–Crippen LogP) is 3.56. The molecule has 0 amide bonds. The maximum atomic E-state index is 12.4. The minimum absolute atomic E-state index is 0.00614. The Morgan fingerprint density at radius 2 is 2.09 bits per heavy atom. The van der Waals surface area contributed by atoms with Crippen molar-refractivity contribution in [3.8, 4) is 0 Å². The summed E-state index contributed by atoms with van der Waals surface area (Å²) in [5, 5.41) is 0.486. The summed E-state index contributed by atoms with van der Waals surface area (Å²) in [5.41, 5.74) is 1.94. The molecule has 2 heterocycles. The molecule has 0 unspecified atom stereocenters. The lowest BCUT2D eigenvalue weighted by atomic mass is 10.1. The van der Waals surface area contributed by atoms with Gasteiger partial charge in [0, 0.05) is 22.7 Å². The summed E-state index contributed by atoms with van der Waals surface area (Å²) < 4.78 is 11.6. The van der Waals surface area contributed by atoms with Crippen LogP contribution in [0, 0.1) is 0 Å². The van der Waals surface area contributed by atoms with Crippen molar-refractivity contribution in [1.82, 2.24) is 4.57 Å². The molecule has 0 aliphatic carbocycles. The molecule has 0 radical (unpaired) electrons. The highest BCUT2D eigenvalue weighted by molar-refractivity contribution is 6.31. The number of hydrogen-bond acceptors (Lipinski definition) is 4. The van der Waals surface area contributed by atoms with E-state index in [4.69, 9.17) is 20.8 Å². The van der Waals surface area contributed by atoms with Gasteiger partial charge < -0.3 is 13.7 Å². The molecular weight excluding hydrogens is 306 g/mol. The number of rotatable bonds is 4. The van der Waals surface area contributed by atoms with Crippen molar-refractivity contribution in [2.75, 3.05) is 7.11 Å². The summed E-state index contributed by atoms with van der Waals surface area (Å²) >= 11 is 5.90. The Hall–Kier alpha value is -2.53. The summed E-state index contributed by atoms with van der Waals surface area (Å²) in [6, 6.07) is 9.95. The van der Waals surface area contributed by atoms with Gasteiger partial charge in [0.15, 0.2) is 11.4 Å². The number of benzene rings is 1. The van der Waals surface area contributed by atoms with Crippen LogP contribution in [0.2, 0.25) is 5.02 Å². The summed E-state index contributed by atoms with van der Waals surface area (Å²) in [6.07, 6.45) is 1.51. The number of Topliss-reactive ketones (excluding diaryl/α,β-unsaturated/α-hetero) is 1. The first-order valence-electron chi connectivity index (χ1n) is 6.54. The third kappa shape index (κ3) is 2.51. The Morgan fingerprint density at radius 1 is 1.27 bits per heavy atom. The number of fused-ring (bicyclic) bond motifs is 1. The van der Waals surface area contributed by atoms with Crippen LogP contribution in [0.25, 0.3) is 11.1 Å². The Morgan fingerprint density at radius 3 is 2.82 bits per heavy atom. The van der Waals surface area contributed by atoms with Crippen LogP contribution in [0.15, 0.2) is 47.1 Å². The van der Waals surface area contributed by atoms with E-state index in [0.717, 1.165) is 0 Å². The third-order valence-electron chi connectivity index (χ3n) is 3.37. The van der Waals surface area contributed by atoms with Gasteiger partial charge in [-0.25, -0.2) is 4.79 Å². The SMILES string of the molecule is COC(=O)c1cc2occc2n1CC(=O)c1cccc(Cl)c1. The molecule has 22 heavy (non-hydrogen) atoms. The zero-order valence-corrected chi connectivity index (χ0v) is 12.5. The van der Waals surface area contributed by atoms with E-state index in [1.807, 2.05) is 0 Å². The van der Waals surface area contributed by atoms with Crippen molar-refractivity contribution in [3.63, 3.8) is 0 Å². The number of hydrogen-bond donors (Lipinski definition) is 0. The molecule has 3 aromatic rings. The molecule has 0 aliphatic rings. The Bertz CT molecular complexity index is 862. The van der Waals surface area contributed by atoms with Gasteiger partial charge in [0.2, 0.25) is 0 Å². The second kappa shape index (κ2) is 5.69. The first-order valence-corrected chi connectivity index (χ1v) is 6.92. The van der Waals surface area contributed by atoms with Gasteiger partial charge in [-0.3, -0.25) is 4.79 Å². The van der Waals surface area contributed by atoms with Crippen LogP contribution in [0.3, 0.4) is 0 Å². The highest BCUT2D eigenvalue weighted by atomic mass is 35.5. The molecule has 3 rings (SSSR count). The largest absolute Gasteiger partial charge is 0.464 e. The standard InChI is InChI=1S/C16H12ClNO4/c1-21-16(20)13-8-15-12(5-6-22-15)18(13)9-14(19)10-3-2-4-11(17)7-10/h2-8H,9H2,1H3. The van der Waals surface area contributed by atoms with Gasteiger partial charge in [-0.15, -0.1) is 0 Å². The zero-order valence-electron chi connectivity index (χ0n) is 11.7. The van der Waals surface area contributed by atoms with Gasteiger partial charge in [0.1, 0.15) is 5.69 Å². The van der Waals surface area contributed by atoms with Crippen LogP contribution >= 0.6 is 11.6 Å². The maximum absolute atomic E-state index is 12.4. The summed E-state index contributed by atoms with van der Waals surface area (Å²) in [4.78, 5) is 24.3. The van der Waals surface area contributed by atoms with Crippen LogP contribution in [-0.2, 0) is 11.3 Å². The van der Waals surface area contributed by atoms with Crippen LogP contribution in [-0.4, -0.2) is 23.4 Å². The number of ketones is 1. The second-order valence-electron chi connectivity index (χ2n) is 4.71. The van der Waals surface area contributed by atoms with Crippen LogP contribution in [0.4, 0.5) is 0 Å². The topological polar surface area (TPSA) is 61.4 Å². The molecule has 112 valence electrons. The molecule has 5 nitrogen and oxygen atoms in total. The Balaban J connectivity index is 2.00. The third-order valence-corrected chi connectivity index (χ3v) is 3.60. The number of furan rings is 1. The number of halogens is 1. The fraction of sp³-hybridized carbons (Fsp3) is 0.125. The molecule has 0 spiro atoms. The number of ether oxygens (including phenoxy) is 1. The van der Waals surface area contributed by atoms with Gasteiger partial charge in [-0.05, 0) is 12.1 Å². The normalized spacial score (nSPS) is 10.8. The predicted molar refractivity (Wildman–Crippen MR) is 81.3 cm³/mol. The van der Waals surface area contributed by atoms with E-state index in [9.17, 15) is 9.59 Å². The molecule has 1 aromatic carbocycles. The van der Waals surface area contributed by atoms with Crippen molar-refractivity contribution in [3.05, 3.63) is 58.9 Å². The first kappa shape index (κ1) is 14.4. The van der Waals surface area contributed by atoms with Gasteiger partial charge in [-0.1, -0.05) is 23.7 Å². The number of methoxy groups -OCH3 is 1. The van der Waals surface area contributed by atoms with E-state index in [2.05, 4.69) is 0 Å². The number of esters is 1. The van der Waals surface area contributed by atoms with E-state index < -0.39 is 5.97 Å². The van der Waals surface area contributed by atoms with Crippen molar-refractivity contribution in [2.24, 2.45) is 0 Å². The fourth-order valence-corrected chi connectivity index (χ4v) is 2.51.